The molecule has 1 aliphatic heterocycles. The molecule has 1 heterocycles. The summed E-state index contributed by atoms with van der Waals surface area (Å²) in [6, 6.07) is 10.4. The van der Waals surface area contributed by atoms with E-state index in [0.29, 0.717) is 21.8 Å². The number of hydrogen-bond donors (Lipinski definition) is 0. The van der Waals surface area contributed by atoms with Crippen molar-refractivity contribution in [3.63, 3.8) is 0 Å². The lowest BCUT2D eigenvalue weighted by Gasteiger charge is -2.17. The quantitative estimate of drug-likeness (QED) is 0.726. The molecule has 20 heavy (non-hydrogen) atoms. The van der Waals surface area contributed by atoms with Crippen molar-refractivity contribution in [3.8, 4) is 0 Å². The lowest BCUT2D eigenvalue weighted by molar-refractivity contribution is 0.103. The fourth-order valence-electron chi connectivity index (χ4n) is 2.09. The van der Waals surface area contributed by atoms with Crippen LogP contribution < -0.4 is 0 Å². The van der Waals surface area contributed by atoms with Crippen molar-refractivity contribution < 1.29 is 13.6 Å². The fraction of sp³-hybridized carbons (Fsp3) is 0.0625. The molecular weight excluding hydrogens is 278 g/mol. The van der Waals surface area contributed by atoms with E-state index in [-0.39, 0.29) is 17.4 Å². The van der Waals surface area contributed by atoms with Gasteiger partial charge in [-0.15, -0.1) is 11.8 Å². The molecule has 1 nitrogen and oxygen atoms in total. The molecule has 3 rings (SSSR count). The smallest absolute Gasteiger partial charge is 0.191 e. The highest BCUT2D eigenvalue weighted by atomic mass is 32.2. The number of Topliss-reactive ketones (excluding diaryl/α,β-unsaturated/α-hetero) is 1. The van der Waals surface area contributed by atoms with Crippen molar-refractivity contribution >= 4 is 23.6 Å². The zero-order chi connectivity index (χ0) is 14.1. The Morgan fingerprint density at radius 3 is 2.55 bits per heavy atom. The van der Waals surface area contributed by atoms with Crippen molar-refractivity contribution in [2.24, 2.45) is 0 Å². The van der Waals surface area contributed by atoms with Crippen LogP contribution in [0.4, 0.5) is 8.78 Å². The standard InChI is InChI=1S/C16H10F2OS/c17-12-6-4-10(5-7-12)8-11-9-20-16-13(15(11)19)2-1-3-14(16)18/h1-8H,9H2/b11-8-. The number of rotatable bonds is 1. The molecule has 0 bridgehead atoms. The summed E-state index contributed by atoms with van der Waals surface area (Å²) in [4.78, 5) is 12.7. The summed E-state index contributed by atoms with van der Waals surface area (Å²) in [5, 5.41) is 0. The Kier molecular flexibility index (Phi) is 3.40. The predicted octanol–water partition coefficient (Wildman–Crippen LogP) is 4.34. The zero-order valence-electron chi connectivity index (χ0n) is 10.4. The average molecular weight is 288 g/mol. The second-order valence-electron chi connectivity index (χ2n) is 4.46. The van der Waals surface area contributed by atoms with E-state index < -0.39 is 0 Å². The van der Waals surface area contributed by atoms with E-state index in [2.05, 4.69) is 0 Å². The SMILES string of the molecule is O=C1/C(=C\c2ccc(F)cc2)CSc2c(F)cccc21. The molecule has 100 valence electrons. The molecule has 0 saturated heterocycles. The molecular formula is C16H10F2OS. The van der Waals surface area contributed by atoms with Crippen molar-refractivity contribution in [1.82, 2.24) is 0 Å². The fourth-order valence-corrected chi connectivity index (χ4v) is 3.13. The monoisotopic (exact) mass is 288 g/mol. The van der Waals surface area contributed by atoms with Gasteiger partial charge in [-0.3, -0.25) is 4.79 Å². The third-order valence-electron chi connectivity index (χ3n) is 3.09. The maximum Gasteiger partial charge on any atom is 0.191 e. The lowest BCUT2D eigenvalue weighted by Crippen LogP contribution is -2.13. The van der Waals surface area contributed by atoms with Crippen LogP contribution in [0.3, 0.4) is 0 Å². The van der Waals surface area contributed by atoms with E-state index in [9.17, 15) is 13.6 Å². The molecule has 0 radical (unpaired) electrons. The second-order valence-corrected chi connectivity index (χ2v) is 5.44. The Morgan fingerprint density at radius 2 is 1.80 bits per heavy atom. The molecule has 0 aromatic heterocycles. The minimum Gasteiger partial charge on any atom is -0.289 e. The third-order valence-corrected chi connectivity index (χ3v) is 4.25. The van der Waals surface area contributed by atoms with E-state index in [0.717, 1.165) is 5.56 Å². The Morgan fingerprint density at radius 1 is 1.05 bits per heavy atom. The highest BCUT2D eigenvalue weighted by molar-refractivity contribution is 7.99. The first-order valence-electron chi connectivity index (χ1n) is 6.07. The molecule has 4 heteroatoms. The maximum absolute atomic E-state index is 13.6. The van der Waals surface area contributed by atoms with Crippen molar-refractivity contribution in [3.05, 3.63) is 70.8 Å². The average Bonchev–Trinajstić information content (AvgIpc) is 2.45. The number of benzene rings is 2. The first kappa shape index (κ1) is 13.1. The van der Waals surface area contributed by atoms with Crippen LogP contribution in [0.25, 0.3) is 6.08 Å². The van der Waals surface area contributed by atoms with Crippen LogP contribution in [-0.4, -0.2) is 11.5 Å². The van der Waals surface area contributed by atoms with E-state index in [1.165, 1.54) is 36.0 Å². The van der Waals surface area contributed by atoms with Gasteiger partial charge in [0, 0.05) is 16.9 Å². The predicted molar refractivity (Wildman–Crippen MR) is 75.8 cm³/mol. The minimum atomic E-state index is -0.360. The van der Waals surface area contributed by atoms with Gasteiger partial charge in [0.05, 0.1) is 4.90 Å². The van der Waals surface area contributed by atoms with E-state index in [1.54, 1.807) is 24.3 Å². The van der Waals surface area contributed by atoms with Crippen molar-refractivity contribution in [1.29, 1.82) is 0 Å². The number of halogens is 2. The van der Waals surface area contributed by atoms with Gasteiger partial charge in [0.2, 0.25) is 0 Å². The van der Waals surface area contributed by atoms with Crippen LogP contribution in [-0.2, 0) is 0 Å². The van der Waals surface area contributed by atoms with Crippen molar-refractivity contribution in [2.45, 2.75) is 4.90 Å². The van der Waals surface area contributed by atoms with Crippen LogP contribution in [0.5, 0.6) is 0 Å². The number of carbonyl (C=O) groups excluding carboxylic acids is 1. The summed E-state index contributed by atoms with van der Waals surface area (Å²) < 4.78 is 26.5. The summed E-state index contributed by atoms with van der Waals surface area (Å²) in [6.07, 6.45) is 1.72. The van der Waals surface area contributed by atoms with Crippen LogP contribution in [0, 0.1) is 11.6 Å². The molecule has 0 saturated carbocycles. The molecule has 2 aromatic rings. The van der Waals surface area contributed by atoms with Gasteiger partial charge in [-0.25, -0.2) is 8.78 Å². The summed E-state index contributed by atoms with van der Waals surface area (Å²) >= 11 is 1.31. The number of hydrogen-bond acceptors (Lipinski definition) is 2. The van der Waals surface area contributed by atoms with Crippen LogP contribution >= 0.6 is 11.8 Å². The van der Waals surface area contributed by atoms with Crippen molar-refractivity contribution in [2.75, 3.05) is 5.75 Å². The topological polar surface area (TPSA) is 17.1 Å². The maximum atomic E-state index is 13.6. The number of carbonyl (C=O) groups is 1. The molecule has 0 amide bonds. The van der Waals surface area contributed by atoms with Gasteiger partial charge in [-0.1, -0.05) is 18.2 Å². The van der Waals surface area contributed by atoms with Gasteiger partial charge >= 0.3 is 0 Å². The Bertz CT molecular complexity index is 705. The van der Waals surface area contributed by atoms with Gasteiger partial charge in [0.15, 0.2) is 5.78 Å². The van der Waals surface area contributed by atoms with E-state index >= 15 is 0 Å². The van der Waals surface area contributed by atoms with Gasteiger partial charge in [0.25, 0.3) is 0 Å². The Labute approximate surface area is 119 Å². The highest BCUT2D eigenvalue weighted by Gasteiger charge is 2.24. The molecule has 1 aliphatic rings. The summed E-state index contributed by atoms with van der Waals surface area (Å²) in [7, 11) is 0. The zero-order valence-corrected chi connectivity index (χ0v) is 11.2. The molecule has 2 aromatic carbocycles. The van der Waals surface area contributed by atoms with Crippen LogP contribution in [0.15, 0.2) is 52.9 Å². The van der Waals surface area contributed by atoms with Gasteiger partial charge in [-0.2, -0.15) is 0 Å². The van der Waals surface area contributed by atoms with Gasteiger partial charge < -0.3 is 0 Å². The second kappa shape index (κ2) is 5.21. The third kappa shape index (κ3) is 2.39. The molecule has 0 fully saturated rings. The van der Waals surface area contributed by atoms with Crippen LogP contribution in [0.2, 0.25) is 0 Å². The van der Waals surface area contributed by atoms with Gasteiger partial charge in [0.1, 0.15) is 11.6 Å². The minimum absolute atomic E-state index is 0.164. The van der Waals surface area contributed by atoms with Gasteiger partial charge in [-0.05, 0) is 35.9 Å². The molecule has 0 N–H and O–H groups in total. The molecule has 0 unspecified atom stereocenters. The Balaban J connectivity index is 1.98. The summed E-state index contributed by atoms with van der Waals surface area (Å²) in [5.41, 5.74) is 1.75. The molecule has 0 atom stereocenters. The summed E-state index contributed by atoms with van der Waals surface area (Å²) in [6.45, 7) is 0. The molecule has 0 spiro atoms. The Hall–Kier alpha value is -1.94. The first-order chi connectivity index (χ1) is 9.65. The number of thioether (sulfide) groups is 1. The van der Waals surface area contributed by atoms with E-state index in [1.807, 2.05) is 0 Å². The van der Waals surface area contributed by atoms with E-state index in [4.69, 9.17) is 0 Å². The number of ketones is 1. The number of fused-ring (bicyclic) bond motifs is 1. The lowest BCUT2D eigenvalue weighted by atomic mass is 10.0. The van der Waals surface area contributed by atoms with Crippen LogP contribution in [0.1, 0.15) is 15.9 Å². The largest absolute Gasteiger partial charge is 0.289 e. The first-order valence-corrected chi connectivity index (χ1v) is 7.06. The highest BCUT2D eigenvalue weighted by Crippen LogP contribution is 2.35. The normalized spacial score (nSPS) is 16.3. The summed E-state index contributed by atoms with van der Waals surface area (Å²) in [5.74, 6) is -0.419. The molecule has 0 aliphatic carbocycles.